The highest BCUT2D eigenvalue weighted by Crippen LogP contribution is 2.53. The molecule has 0 radical (unpaired) electrons. The molecule has 3 rings (SSSR count). The Morgan fingerprint density at radius 1 is 1.35 bits per heavy atom. The molecule has 1 N–H and O–H groups in total. The predicted octanol–water partition coefficient (Wildman–Crippen LogP) is 5.74. The Morgan fingerprint density at radius 3 is 2.91 bits per heavy atom. The minimum absolute atomic E-state index is 0.109. The molecule has 2 aliphatic rings. The zero-order valence-electron chi connectivity index (χ0n) is 17.5. The Hall–Kier alpha value is -1.44. The first-order valence-corrected chi connectivity index (χ1v) is 8.89. The third-order valence-electron chi connectivity index (χ3n) is 5.39. The summed E-state index contributed by atoms with van der Waals surface area (Å²) in [5.41, 5.74) is 1.96. The number of hydrogen-bond acceptors (Lipinski definition) is 2. The molecule has 0 fully saturated rings. The molecule has 2 unspecified atom stereocenters. The maximum absolute atomic E-state index is 10.7. The van der Waals surface area contributed by atoms with Crippen LogP contribution in [0.15, 0.2) is 23.8 Å². The number of allylic oxidation sites excluding steroid dienone is 2. The smallest absolute Gasteiger partial charge is 0.127 e. The van der Waals surface area contributed by atoms with E-state index in [0.717, 1.165) is 36.8 Å². The van der Waals surface area contributed by atoms with Crippen LogP contribution in [0.2, 0.25) is 0 Å². The van der Waals surface area contributed by atoms with Crippen molar-refractivity contribution in [3.05, 3.63) is 34.9 Å². The van der Waals surface area contributed by atoms with Crippen molar-refractivity contribution in [1.29, 1.82) is 0 Å². The van der Waals surface area contributed by atoms with E-state index < -0.39 is 6.85 Å². The van der Waals surface area contributed by atoms with Gasteiger partial charge in [-0.2, -0.15) is 0 Å². The summed E-state index contributed by atoms with van der Waals surface area (Å²) in [4.78, 5) is 0. The summed E-state index contributed by atoms with van der Waals surface area (Å²) in [6, 6.07) is 3.88. The summed E-state index contributed by atoms with van der Waals surface area (Å²) in [5.74, 6) is 1.01. The second kappa shape index (κ2) is 6.22. The lowest BCUT2D eigenvalue weighted by atomic mass is 9.68. The average molecular weight is 317 g/mol. The topological polar surface area (TPSA) is 29.5 Å². The third-order valence-corrected chi connectivity index (χ3v) is 5.39. The van der Waals surface area contributed by atoms with Crippen molar-refractivity contribution in [2.45, 2.75) is 77.7 Å². The summed E-state index contributed by atoms with van der Waals surface area (Å²) in [5, 5.41) is 10.7. The van der Waals surface area contributed by atoms with Gasteiger partial charge >= 0.3 is 0 Å². The number of aromatic hydroxyl groups is 1. The fraction of sp³-hybridized carbons (Fsp3) is 0.619. The van der Waals surface area contributed by atoms with Gasteiger partial charge in [0.05, 0.1) is 0 Å². The molecule has 0 bridgehead atoms. The molecular weight excluding hydrogens is 284 g/mol. The number of rotatable bonds is 4. The van der Waals surface area contributed by atoms with Gasteiger partial charge in [-0.25, -0.2) is 0 Å². The van der Waals surface area contributed by atoms with E-state index in [1.165, 1.54) is 6.42 Å². The first kappa shape index (κ1) is 12.9. The molecule has 1 aliphatic heterocycles. The molecule has 0 spiro atoms. The van der Waals surface area contributed by atoms with Crippen molar-refractivity contribution < 1.29 is 14.0 Å². The highest BCUT2D eigenvalue weighted by Gasteiger charge is 2.45. The maximum atomic E-state index is 10.7. The van der Waals surface area contributed by atoms with E-state index in [-0.39, 0.29) is 23.2 Å². The highest BCUT2D eigenvalue weighted by molar-refractivity contribution is 5.53. The molecule has 1 aromatic rings. The predicted molar refractivity (Wildman–Crippen MR) is 95.3 cm³/mol. The van der Waals surface area contributed by atoms with Crippen molar-refractivity contribution in [3.8, 4) is 11.5 Å². The molecule has 1 aromatic carbocycles. The fourth-order valence-electron chi connectivity index (χ4n) is 4.14. The van der Waals surface area contributed by atoms with Crippen LogP contribution in [0.25, 0.3) is 0 Å². The lowest BCUT2D eigenvalue weighted by Crippen LogP contribution is -2.45. The minimum atomic E-state index is -2.07. The van der Waals surface area contributed by atoms with Crippen molar-refractivity contribution in [2.24, 2.45) is 5.92 Å². The van der Waals surface area contributed by atoms with Crippen LogP contribution in [0.5, 0.6) is 11.5 Å². The summed E-state index contributed by atoms with van der Waals surface area (Å²) in [6.07, 6.45) is 7.54. The number of benzene rings is 1. The van der Waals surface area contributed by atoms with E-state index in [2.05, 4.69) is 20.8 Å². The van der Waals surface area contributed by atoms with Crippen molar-refractivity contribution >= 4 is 0 Å². The Morgan fingerprint density at radius 2 is 2.17 bits per heavy atom. The van der Waals surface area contributed by atoms with Gasteiger partial charge in [0.15, 0.2) is 0 Å². The molecule has 0 saturated carbocycles. The summed E-state index contributed by atoms with van der Waals surface area (Å²) in [7, 11) is 0. The molecule has 2 atom stereocenters. The minimum Gasteiger partial charge on any atom is -0.507 e. The molecule has 2 nitrogen and oxygen atoms in total. The third kappa shape index (κ3) is 3.13. The number of fused-ring (bicyclic) bond motifs is 3. The average Bonchev–Trinajstić information content (AvgIpc) is 2.53. The van der Waals surface area contributed by atoms with Gasteiger partial charge < -0.3 is 9.84 Å². The quantitative estimate of drug-likeness (QED) is 0.567. The van der Waals surface area contributed by atoms with Gasteiger partial charge in [-0.15, -0.1) is 0 Å². The van der Waals surface area contributed by atoms with Crippen molar-refractivity contribution in [3.63, 3.8) is 0 Å². The zero-order valence-corrected chi connectivity index (χ0v) is 14.5. The standard InChI is InChI=1S/C21H30O2/c1-5-6-7-8-15-12-18(22)20-16-11-14(2)9-10-17(16)21(3,4)23-19(20)13-15/h11-13,16-17,22H,5-10H2,1-4H3/i2D3. The monoisotopic (exact) mass is 317 g/mol. The first-order valence-electron chi connectivity index (χ1n) is 10.4. The van der Waals surface area contributed by atoms with Gasteiger partial charge in [0.25, 0.3) is 0 Å². The molecule has 2 heteroatoms. The van der Waals surface area contributed by atoms with E-state index in [4.69, 9.17) is 8.85 Å². The van der Waals surface area contributed by atoms with E-state index in [0.29, 0.717) is 17.7 Å². The van der Waals surface area contributed by atoms with Gasteiger partial charge in [0.1, 0.15) is 17.1 Å². The maximum Gasteiger partial charge on any atom is 0.127 e. The number of hydrogen-bond donors (Lipinski definition) is 1. The van der Waals surface area contributed by atoms with Gasteiger partial charge in [0, 0.05) is 21.5 Å². The van der Waals surface area contributed by atoms with Gasteiger partial charge in [0.2, 0.25) is 0 Å². The SMILES string of the molecule is [2H]C([2H])([2H])C1=CC2c3c(O)cc(CCCCC)cc3OC(C)(C)C2CC1. The number of unbranched alkanes of at least 4 members (excludes halogenated alkanes) is 2. The summed E-state index contributed by atoms with van der Waals surface area (Å²) in [6.45, 7) is 4.25. The molecule has 0 saturated heterocycles. The zero-order chi connectivity index (χ0) is 19.1. The van der Waals surface area contributed by atoms with Crippen LogP contribution in [0.4, 0.5) is 0 Å². The van der Waals surface area contributed by atoms with Gasteiger partial charge in [-0.05, 0) is 64.1 Å². The van der Waals surface area contributed by atoms with E-state index in [1.54, 1.807) is 0 Å². The molecule has 126 valence electrons. The summed E-state index contributed by atoms with van der Waals surface area (Å²) >= 11 is 0. The second-order valence-electron chi connectivity index (χ2n) is 7.55. The van der Waals surface area contributed by atoms with Crippen LogP contribution in [-0.2, 0) is 6.42 Å². The molecule has 1 heterocycles. The van der Waals surface area contributed by atoms with Crippen LogP contribution >= 0.6 is 0 Å². The lowest BCUT2D eigenvalue weighted by Gasteiger charge is -2.46. The first-order chi connectivity index (χ1) is 12.1. The Bertz CT molecular complexity index is 704. The van der Waals surface area contributed by atoms with Crippen LogP contribution in [-0.4, -0.2) is 10.7 Å². The molecular formula is C21H30O2. The Kier molecular flexibility index (Phi) is 3.49. The molecule has 23 heavy (non-hydrogen) atoms. The summed E-state index contributed by atoms with van der Waals surface area (Å²) < 4.78 is 29.6. The fourth-order valence-corrected chi connectivity index (χ4v) is 4.14. The van der Waals surface area contributed by atoms with Crippen molar-refractivity contribution in [1.82, 2.24) is 0 Å². The number of phenolic OH excluding ortho intramolecular Hbond substituents is 1. The molecule has 0 aromatic heterocycles. The second-order valence-corrected chi connectivity index (χ2v) is 7.55. The Labute approximate surface area is 144 Å². The largest absolute Gasteiger partial charge is 0.507 e. The van der Waals surface area contributed by atoms with Gasteiger partial charge in [-0.1, -0.05) is 31.4 Å². The van der Waals surface area contributed by atoms with E-state index in [1.807, 2.05) is 18.2 Å². The number of aryl methyl sites for hydroxylation is 1. The number of phenols is 1. The van der Waals surface area contributed by atoms with Crippen LogP contribution in [0.1, 0.15) is 80.9 Å². The Balaban J connectivity index is 2.02. The van der Waals surface area contributed by atoms with Crippen molar-refractivity contribution in [2.75, 3.05) is 0 Å². The highest BCUT2D eigenvalue weighted by atomic mass is 16.5. The van der Waals surface area contributed by atoms with Crippen LogP contribution in [0, 0.1) is 5.92 Å². The van der Waals surface area contributed by atoms with Crippen LogP contribution in [0.3, 0.4) is 0 Å². The number of ether oxygens (including phenoxy) is 1. The lowest BCUT2D eigenvalue weighted by molar-refractivity contribution is 0.0107. The molecule has 0 amide bonds. The van der Waals surface area contributed by atoms with E-state index >= 15 is 0 Å². The molecule has 1 aliphatic carbocycles. The van der Waals surface area contributed by atoms with E-state index in [9.17, 15) is 5.11 Å². The van der Waals surface area contributed by atoms with Gasteiger partial charge in [-0.3, -0.25) is 0 Å². The normalized spacial score (nSPS) is 27.6. The van der Waals surface area contributed by atoms with Crippen LogP contribution < -0.4 is 4.74 Å².